The number of nitrogens with zero attached hydrogens (tertiary/aromatic N) is 2. The van der Waals surface area contributed by atoms with Crippen molar-refractivity contribution in [2.45, 2.75) is 59.4 Å². The number of ether oxygens (including phenoxy) is 1. The molecule has 1 saturated heterocycles. The lowest BCUT2D eigenvalue weighted by Gasteiger charge is -2.32. The minimum atomic E-state index is -0.624. The summed E-state index contributed by atoms with van der Waals surface area (Å²) in [5.41, 5.74) is 1.51. The van der Waals surface area contributed by atoms with E-state index in [2.05, 4.69) is 24.8 Å². The average molecular weight is 457 g/mol. The highest BCUT2D eigenvalue weighted by Crippen LogP contribution is 2.37. The lowest BCUT2D eigenvalue weighted by molar-refractivity contribution is -0.131. The molecule has 1 aliphatic heterocycles. The summed E-state index contributed by atoms with van der Waals surface area (Å²) < 4.78 is 5.02. The van der Waals surface area contributed by atoms with Crippen LogP contribution in [0, 0.1) is 23.2 Å². The van der Waals surface area contributed by atoms with Crippen LogP contribution in [-0.4, -0.2) is 49.4 Å². The van der Waals surface area contributed by atoms with Crippen LogP contribution < -0.4 is 4.90 Å². The van der Waals surface area contributed by atoms with E-state index in [0.29, 0.717) is 34.8 Å². The van der Waals surface area contributed by atoms with Gasteiger partial charge in [-0.2, -0.15) is 0 Å². The zero-order valence-corrected chi connectivity index (χ0v) is 20.6. The fourth-order valence-corrected chi connectivity index (χ4v) is 4.90. The Hall–Kier alpha value is -2.59. The molecule has 0 unspecified atom stereocenters. The van der Waals surface area contributed by atoms with Gasteiger partial charge in [0, 0.05) is 24.9 Å². The van der Waals surface area contributed by atoms with Crippen molar-refractivity contribution in [3.8, 4) is 11.8 Å². The minimum absolute atomic E-state index is 0.106. The van der Waals surface area contributed by atoms with Crippen molar-refractivity contribution in [2.24, 2.45) is 11.3 Å². The smallest absolute Gasteiger partial charge is 0.350 e. The van der Waals surface area contributed by atoms with E-state index >= 15 is 0 Å². The van der Waals surface area contributed by atoms with E-state index in [1.54, 1.807) is 22.9 Å². The molecule has 0 radical (unpaired) electrons. The highest BCUT2D eigenvalue weighted by atomic mass is 32.1. The molecule has 0 saturated carbocycles. The third-order valence-electron chi connectivity index (χ3n) is 5.84. The number of likely N-dealkylation sites (N-methyl/N-ethyl adjacent to an activating group) is 1. The van der Waals surface area contributed by atoms with E-state index in [0.717, 1.165) is 12.8 Å². The van der Waals surface area contributed by atoms with Crippen molar-refractivity contribution in [2.75, 3.05) is 25.6 Å². The number of carbonyl (C=O) groups excluding carboxylic acids is 3. The van der Waals surface area contributed by atoms with Crippen LogP contribution in [-0.2, 0) is 14.3 Å². The number of anilines is 1. The van der Waals surface area contributed by atoms with Gasteiger partial charge >= 0.3 is 5.97 Å². The number of carbonyl (C=O) groups is 3. The molecule has 0 bridgehead atoms. The van der Waals surface area contributed by atoms with Gasteiger partial charge in [-0.1, -0.05) is 23.5 Å². The van der Waals surface area contributed by atoms with Crippen molar-refractivity contribution in [3.63, 3.8) is 0 Å². The Morgan fingerprint density at radius 2 is 2.00 bits per heavy atom. The molecule has 7 heteroatoms. The van der Waals surface area contributed by atoms with E-state index in [-0.39, 0.29) is 23.1 Å². The minimum Gasteiger partial charge on any atom is -0.465 e. The van der Waals surface area contributed by atoms with Crippen molar-refractivity contribution in [1.82, 2.24) is 4.90 Å². The lowest BCUT2D eigenvalue weighted by atomic mass is 9.88. The van der Waals surface area contributed by atoms with E-state index in [9.17, 15) is 14.4 Å². The number of esters is 1. The Morgan fingerprint density at radius 1 is 1.28 bits per heavy atom. The van der Waals surface area contributed by atoms with Gasteiger partial charge in [0.15, 0.2) is 0 Å². The summed E-state index contributed by atoms with van der Waals surface area (Å²) in [6.45, 7) is 8.68. The van der Waals surface area contributed by atoms with Crippen LogP contribution in [0.15, 0.2) is 17.7 Å². The summed E-state index contributed by atoms with van der Waals surface area (Å²) in [5, 5.41) is 0. The average Bonchev–Trinajstić information content (AvgIpc) is 3.31. The number of amides is 2. The van der Waals surface area contributed by atoms with Gasteiger partial charge in [0.2, 0.25) is 11.8 Å². The van der Waals surface area contributed by atoms with Crippen molar-refractivity contribution in [1.29, 1.82) is 0 Å². The quantitative estimate of drug-likeness (QED) is 0.386. The van der Waals surface area contributed by atoms with Crippen LogP contribution >= 0.6 is 11.3 Å². The number of likely N-dealkylation sites (tertiary alicyclic amines) is 1. The van der Waals surface area contributed by atoms with Gasteiger partial charge in [-0.05, 0) is 59.4 Å². The molecule has 2 amide bonds. The maximum absolute atomic E-state index is 13.8. The summed E-state index contributed by atoms with van der Waals surface area (Å²) in [5.74, 6) is 5.36. The summed E-state index contributed by atoms with van der Waals surface area (Å²) in [4.78, 5) is 43.6. The summed E-state index contributed by atoms with van der Waals surface area (Å²) in [7, 11) is 3.06. The molecule has 2 atom stereocenters. The predicted molar refractivity (Wildman–Crippen MR) is 127 cm³/mol. The van der Waals surface area contributed by atoms with E-state index in [1.165, 1.54) is 24.0 Å². The molecule has 0 N–H and O–H groups in total. The molecule has 1 fully saturated rings. The van der Waals surface area contributed by atoms with Crippen LogP contribution in [0.2, 0.25) is 0 Å². The van der Waals surface area contributed by atoms with Crippen LogP contribution in [0.3, 0.4) is 0 Å². The van der Waals surface area contributed by atoms with Gasteiger partial charge < -0.3 is 9.64 Å². The number of methoxy groups -OCH3 is 1. The second-order valence-corrected chi connectivity index (χ2v) is 10.7. The largest absolute Gasteiger partial charge is 0.465 e. The number of hydrogen-bond donors (Lipinski definition) is 0. The fraction of sp³-hybridized carbons (Fsp3) is 0.560. The zero-order valence-electron chi connectivity index (χ0n) is 19.8. The Morgan fingerprint density at radius 3 is 2.53 bits per heavy atom. The second kappa shape index (κ2) is 9.50. The molecule has 172 valence electrons. The third kappa shape index (κ3) is 5.24. The fourth-order valence-electron chi connectivity index (χ4n) is 3.98. The van der Waals surface area contributed by atoms with Gasteiger partial charge in [0.1, 0.15) is 10.9 Å². The van der Waals surface area contributed by atoms with Crippen molar-refractivity contribution >= 4 is 34.8 Å². The molecule has 6 nitrogen and oxygen atoms in total. The summed E-state index contributed by atoms with van der Waals surface area (Å²) >= 11 is 1.21. The van der Waals surface area contributed by atoms with E-state index < -0.39 is 12.0 Å². The Bertz CT molecular complexity index is 1010. The third-order valence-corrected chi connectivity index (χ3v) is 6.86. The first-order valence-electron chi connectivity index (χ1n) is 11.0. The van der Waals surface area contributed by atoms with Gasteiger partial charge in [-0.3, -0.25) is 14.5 Å². The highest BCUT2D eigenvalue weighted by molar-refractivity contribution is 7.15. The van der Waals surface area contributed by atoms with Gasteiger partial charge in [0.25, 0.3) is 0 Å². The molecule has 32 heavy (non-hydrogen) atoms. The lowest BCUT2D eigenvalue weighted by Crippen LogP contribution is -2.48. The number of rotatable bonds is 4. The molecule has 2 heterocycles. The Kier molecular flexibility index (Phi) is 7.14. The standard InChI is InChI=1S/C25H32N2O4S/c1-16-7-9-17(10-8-16)22(28)27(19-12-14-26(5)23(19)29)20-15-18(11-13-25(2,3)4)32-21(20)24(30)31-6/h7,15,17,19H,8-10,12,14H2,1-6H3/t17-,19-/m0/s1. The molecular weight excluding hydrogens is 424 g/mol. The topological polar surface area (TPSA) is 66.9 Å². The molecule has 0 aromatic carbocycles. The Labute approximate surface area is 194 Å². The molecule has 1 aromatic heterocycles. The monoisotopic (exact) mass is 456 g/mol. The van der Waals surface area contributed by atoms with E-state index in [4.69, 9.17) is 4.74 Å². The van der Waals surface area contributed by atoms with E-state index in [1.807, 2.05) is 20.8 Å². The normalized spacial score (nSPS) is 21.0. The summed E-state index contributed by atoms with van der Waals surface area (Å²) in [6, 6.07) is 1.14. The first-order valence-corrected chi connectivity index (χ1v) is 11.8. The van der Waals surface area contributed by atoms with Crippen LogP contribution in [0.5, 0.6) is 0 Å². The number of thiophene rings is 1. The number of allylic oxidation sites excluding steroid dienone is 2. The SMILES string of the molecule is COC(=O)c1sc(C#CC(C)(C)C)cc1N(C(=O)[C@H]1CC=C(C)CC1)[C@H]1CCN(C)C1=O. The second-order valence-electron chi connectivity index (χ2n) is 9.61. The van der Waals surface area contributed by atoms with Crippen LogP contribution in [0.1, 0.15) is 67.9 Å². The van der Waals surface area contributed by atoms with Gasteiger partial charge in [-0.25, -0.2) is 4.79 Å². The predicted octanol–water partition coefficient (Wildman–Crippen LogP) is 4.24. The van der Waals surface area contributed by atoms with Crippen molar-refractivity contribution < 1.29 is 19.1 Å². The molecule has 1 aromatic rings. The molecule has 2 aliphatic rings. The maximum atomic E-state index is 13.8. The zero-order chi connectivity index (χ0) is 23.6. The number of hydrogen-bond acceptors (Lipinski definition) is 5. The maximum Gasteiger partial charge on any atom is 0.350 e. The first kappa shape index (κ1) is 24.1. The van der Waals surface area contributed by atoms with Crippen molar-refractivity contribution in [3.05, 3.63) is 27.5 Å². The van der Waals surface area contributed by atoms with Crippen LogP contribution in [0.4, 0.5) is 5.69 Å². The summed E-state index contributed by atoms with van der Waals surface area (Å²) in [6.07, 6.45) is 4.87. The first-order chi connectivity index (χ1) is 15.0. The van der Waals surface area contributed by atoms with Gasteiger partial charge in [0.05, 0.1) is 17.7 Å². The molecule has 0 spiro atoms. The Balaban J connectivity index is 2.09. The molecular formula is C25H32N2O4S. The molecule has 1 aliphatic carbocycles. The highest BCUT2D eigenvalue weighted by Gasteiger charge is 2.41. The van der Waals surface area contributed by atoms with Crippen LogP contribution in [0.25, 0.3) is 0 Å². The van der Waals surface area contributed by atoms with Gasteiger partial charge in [-0.15, -0.1) is 11.3 Å². The molecule has 3 rings (SSSR count).